The Kier molecular flexibility index (Phi) is 5.35. The second-order valence-electron chi connectivity index (χ2n) is 7.78. The molecule has 1 aromatic carbocycles. The SMILES string of the molecule is CCS(=O)(=O)c1cc(-c2cnn(C3CC3)c2)cnc1-c1nc2cc(S(=O)C(F)(F)F)ccc2o1. The maximum absolute atomic E-state index is 12.9. The van der Waals surface area contributed by atoms with Crippen molar-refractivity contribution in [2.24, 2.45) is 0 Å². The minimum atomic E-state index is -4.92. The number of oxazole rings is 1. The first-order valence-corrected chi connectivity index (χ1v) is 13.0. The average molecular weight is 511 g/mol. The van der Waals surface area contributed by atoms with E-state index in [0.717, 1.165) is 25.0 Å². The summed E-state index contributed by atoms with van der Waals surface area (Å²) in [6.07, 6.45) is 7.03. The third kappa shape index (κ3) is 4.13. The molecule has 1 unspecified atom stereocenters. The number of rotatable bonds is 6. The van der Waals surface area contributed by atoms with Crippen LogP contribution in [0.4, 0.5) is 13.2 Å². The molecule has 0 amide bonds. The molecule has 0 spiro atoms. The zero-order valence-electron chi connectivity index (χ0n) is 17.6. The molecule has 1 aliphatic rings. The molecule has 3 aromatic heterocycles. The molecular formula is C21H17F3N4O4S2. The van der Waals surface area contributed by atoms with Gasteiger partial charge in [0, 0.05) is 23.5 Å². The molecule has 5 rings (SSSR count). The molecule has 0 aliphatic heterocycles. The molecule has 34 heavy (non-hydrogen) atoms. The van der Waals surface area contributed by atoms with Crippen molar-refractivity contribution in [2.45, 2.75) is 41.1 Å². The van der Waals surface area contributed by atoms with Gasteiger partial charge in [0.1, 0.15) is 11.2 Å². The third-order valence-electron chi connectivity index (χ3n) is 5.41. The fraction of sp³-hybridized carbons (Fsp3) is 0.286. The zero-order valence-corrected chi connectivity index (χ0v) is 19.2. The highest BCUT2D eigenvalue weighted by atomic mass is 32.2. The van der Waals surface area contributed by atoms with Gasteiger partial charge < -0.3 is 4.42 Å². The van der Waals surface area contributed by atoms with E-state index in [2.05, 4.69) is 15.1 Å². The fourth-order valence-corrected chi connectivity index (χ4v) is 5.17. The molecule has 0 radical (unpaired) electrons. The van der Waals surface area contributed by atoms with Crippen molar-refractivity contribution in [3.05, 3.63) is 42.9 Å². The topological polar surface area (TPSA) is 108 Å². The Morgan fingerprint density at radius 3 is 2.62 bits per heavy atom. The average Bonchev–Trinajstić information content (AvgIpc) is 3.38. The minimum Gasteiger partial charge on any atom is -0.435 e. The number of pyridine rings is 1. The molecule has 1 aliphatic carbocycles. The van der Waals surface area contributed by atoms with E-state index in [1.807, 2.05) is 10.9 Å². The van der Waals surface area contributed by atoms with Gasteiger partial charge in [0.25, 0.3) is 0 Å². The highest BCUT2D eigenvalue weighted by Gasteiger charge is 2.38. The van der Waals surface area contributed by atoms with Gasteiger partial charge in [0.15, 0.2) is 26.2 Å². The molecule has 3 heterocycles. The van der Waals surface area contributed by atoms with Gasteiger partial charge in [0.2, 0.25) is 5.89 Å². The Labute approximate surface area is 194 Å². The fourth-order valence-electron chi connectivity index (χ4n) is 3.44. The van der Waals surface area contributed by atoms with E-state index in [1.54, 1.807) is 6.20 Å². The maximum atomic E-state index is 12.9. The molecule has 1 fully saturated rings. The lowest BCUT2D eigenvalue weighted by atomic mass is 10.1. The van der Waals surface area contributed by atoms with Gasteiger partial charge in [-0.2, -0.15) is 18.3 Å². The number of sulfone groups is 1. The second kappa shape index (κ2) is 8.01. The Morgan fingerprint density at radius 1 is 1.18 bits per heavy atom. The molecule has 0 saturated heterocycles. The summed E-state index contributed by atoms with van der Waals surface area (Å²) in [6.45, 7) is 1.49. The minimum absolute atomic E-state index is 0.00142. The molecular weight excluding hydrogens is 493 g/mol. The standard InChI is InChI=1S/C21H17F3N4O4S2/c1-2-34(30,31)18-7-12(13-10-26-28(11-13)14-3-4-14)9-25-19(18)20-27-16-8-15(5-6-17(16)32-20)33(29)21(22,23)24/h5-11,14H,2-4H2,1H3. The first-order chi connectivity index (χ1) is 16.1. The van der Waals surface area contributed by atoms with Crippen LogP contribution in [-0.4, -0.2) is 43.6 Å². The quantitative estimate of drug-likeness (QED) is 0.376. The molecule has 1 saturated carbocycles. The van der Waals surface area contributed by atoms with Crippen molar-refractivity contribution in [1.82, 2.24) is 19.7 Å². The predicted octanol–water partition coefficient (Wildman–Crippen LogP) is 4.51. The summed E-state index contributed by atoms with van der Waals surface area (Å²) in [6, 6.07) is 5.06. The van der Waals surface area contributed by atoms with E-state index in [4.69, 9.17) is 4.42 Å². The molecule has 0 N–H and O–H groups in total. The predicted molar refractivity (Wildman–Crippen MR) is 117 cm³/mol. The summed E-state index contributed by atoms with van der Waals surface area (Å²) in [5.41, 5.74) is -3.63. The van der Waals surface area contributed by atoms with Crippen molar-refractivity contribution in [3.8, 4) is 22.7 Å². The lowest BCUT2D eigenvalue weighted by Crippen LogP contribution is -2.16. The van der Waals surface area contributed by atoms with E-state index in [0.29, 0.717) is 17.2 Å². The number of halogens is 3. The van der Waals surface area contributed by atoms with E-state index < -0.39 is 31.0 Å². The van der Waals surface area contributed by atoms with Gasteiger partial charge in [-0.05, 0) is 37.1 Å². The number of hydrogen-bond donors (Lipinski definition) is 0. The van der Waals surface area contributed by atoms with Gasteiger partial charge in [-0.25, -0.2) is 22.6 Å². The largest absolute Gasteiger partial charge is 0.475 e. The van der Waals surface area contributed by atoms with Crippen LogP contribution in [0.1, 0.15) is 25.8 Å². The van der Waals surface area contributed by atoms with Crippen molar-refractivity contribution in [1.29, 1.82) is 0 Å². The van der Waals surface area contributed by atoms with E-state index in [-0.39, 0.29) is 33.3 Å². The Bertz CT molecular complexity index is 1540. The Morgan fingerprint density at radius 2 is 1.94 bits per heavy atom. The smallest absolute Gasteiger partial charge is 0.435 e. The number of aromatic nitrogens is 4. The van der Waals surface area contributed by atoms with Gasteiger partial charge in [-0.1, -0.05) is 6.92 Å². The molecule has 8 nitrogen and oxygen atoms in total. The summed E-state index contributed by atoms with van der Waals surface area (Å²) in [4.78, 5) is 7.83. The summed E-state index contributed by atoms with van der Waals surface area (Å²) >= 11 is 0. The molecule has 178 valence electrons. The van der Waals surface area contributed by atoms with Crippen molar-refractivity contribution in [2.75, 3.05) is 5.75 Å². The van der Waals surface area contributed by atoms with Crippen molar-refractivity contribution >= 4 is 31.7 Å². The van der Waals surface area contributed by atoms with E-state index in [9.17, 15) is 25.8 Å². The lowest BCUT2D eigenvalue weighted by Gasteiger charge is -2.08. The monoisotopic (exact) mass is 510 g/mol. The van der Waals surface area contributed by atoms with E-state index >= 15 is 0 Å². The first-order valence-electron chi connectivity index (χ1n) is 10.2. The number of fused-ring (bicyclic) bond motifs is 1. The zero-order chi connectivity index (χ0) is 24.3. The molecule has 0 bridgehead atoms. The van der Waals surface area contributed by atoms with Crippen molar-refractivity contribution < 1.29 is 30.2 Å². The summed E-state index contributed by atoms with van der Waals surface area (Å²) < 4.78 is 83.3. The highest BCUT2D eigenvalue weighted by molar-refractivity contribution is 7.91. The van der Waals surface area contributed by atoms with Crippen LogP contribution in [-0.2, 0) is 20.6 Å². The van der Waals surface area contributed by atoms with Crippen LogP contribution < -0.4 is 0 Å². The summed E-state index contributed by atoms with van der Waals surface area (Å²) in [5.74, 6) is -0.376. The molecule has 1 atom stereocenters. The second-order valence-corrected chi connectivity index (χ2v) is 11.5. The van der Waals surface area contributed by atoms with Crippen LogP contribution in [0.5, 0.6) is 0 Å². The van der Waals surface area contributed by atoms with Crippen LogP contribution in [0.25, 0.3) is 33.8 Å². The molecule has 4 aromatic rings. The van der Waals surface area contributed by atoms with Crippen LogP contribution in [0.3, 0.4) is 0 Å². The normalized spacial score (nSPS) is 15.6. The summed E-state index contributed by atoms with van der Waals surface area (Å²) in [7, 11) is -7.00. The van der Waals surface area contributed by atoms with Gasteiger partial charge in [-0.15, -0.1) is 0 Å². The number of nitrogens with zero attached hydrogens (tertiary/aromatic N) is 4. The highest BCUT2D eigenvalue weighted by Crippen LogP contribution is 2.37. The van der Waals surface area contributed by atoms with Gasteiger partial charge in [-0.3, -0.25) is 4.68 Å². The number of alkyl halides is 3. The van der Waals surface area contributed by atoms with Gasteiger partial charge >= 0.3 is 5.51 Å². The van der Waals surface area contributed by atoms with Crippen LogP contribution in [0, 0.1) is 0 Å². The first kappa shape index (κ1) is 22.7. The number of hydrogen-bond acceptors (Lipinski definition) is 7. The van der Waals surface area contributed by atoms with E-state index in [1.165, 1.54) is 25.3 Å². The Hall–Kier alpha value is -3.06. The van der Waals surface area contributed by atoms with Crippen LogP contribution in [0.2, 0.25) is 0 Å². The maximum Gasteiger partial charge on any atom is 0.475 e. The van der Waals surface area contributed by atoms with Crippen molar-refractivity contribution in [3.63, 3.8) is 0 Å². The van der Waals surface area contributed by atoms with Gasteiger partial charge in [0.05, 0.1) is 27.8 Å². The third-order valence-corrected chi connectivity index (χ3v) is 8.25. The van der Waals surface area contributed by atoms with Crippen LogP contribution in [0.15, 0.2) is 57.1 Å². The molecule has 13 heteroatoms. The van der Waals surface area contributed by atoms with Crippen LogP contribution >= 0.6 is 0 Å². The Balaban J connectivity index is 1.60. The summed E-state index contributed by atoms with van der Waals surface area (Å²) in [5, 5.41) is 4.32. The number of benzene rings is 1. The lowest BCUT2D eigenvalue weighted by molar-refractivity contribution is -0.0384.